The second-order valence-electron chi connectivity index (χ2n) is 4.47. The molecule has 0 saturated heterocycles. The van der Waals surface area contributed by atoms with Crippen LogP contribution in [0.3, 0.4) is 0 Å². The van der Waals surface area contributed by atoms with Crippen LogP contribution in [-0.4, -0.2) is 11.0 Å². The lowest BCUT2D eigenvalue weighted by Gasteiger charge is -2.19. The number of nitrogens with zero attached hydrogens (tertiary/aromatic N) is 1. The van der Waals surface area contributed by atoms with Gasteiger partial charge in [-0.25, -0.2) is 0 Å². The van der Waals surface area contributed by atoms with E-state index in [1.165, 1.54) is 0 Å². The molecule has 3 nitrogen and oxygen atoms in total. The van der Waals surface area contributed by atoms with Gasteiger partial charge in [-0.2, -0.15) is 0 Å². The van der Waals surface area contributed by atoms with Crippen LogP contribution < -0.4 is 0 Å². The molecule has 2 atom stereocenters. The summed E-state index contributed by atoms with van der Waals surface area (Å²) in [5, 5.41) is 11.8. The third kappa shape index (κ3) is 3.12. The van der Waals surface area contributed by atoms with Crippen LogP contribution in [0, 0.1) is 10.1 Å². The average Bonchev–Trinajstić information content (AvgIpc) is 2.42. The molecule has 2 unspecified atom stereocenters. The summed E-state index contributed by atoms with van der Waals surface area (Å²) in [7, 11) is 0. The number of rotatable bonds is 4. The van der Waals surface area contributed by atoms with Gasteiger partial charge in [-0.05, 0) is 23.3 Å². The van der Waals surface area contributed by atoms with Gasteiger partial charge in [0.2, 0.25) is 6.04 Å². The van der Waals surface area contributed by atoms with Gasteiger partial charge in [0.05, 0.1) is 5.92 Å². The molecule has 0 radical (unpaired) electrons. The molecule has 0 fully saturated rings. The van der Waals surface area contributed by atoms with E-state index in [0.29, 0.717) is 5.02 Å². The fraction of sp³-hybridized carbons (Fsp3) is 0.200. The molecular formula is C15H14ClNO2. The molecule has 0 saturated carbocycles. The Hall–Kier alpha value is -1.87. The van der Waals surface area contributed by atoms with Crippen LogP contribution in [0.4, 0.5) is 0 Å². The van der Waals surface area contributed by atoms with Gasteiger partial charge in [0, 0.05) is 16.9 Å². The first kappa shape index (κ1) is 13.6. The summed E-state index contributed by atoms with van der Waals surface area (Å²) >= 11 is 5.87. The molecule has 4 heteroatoms. The van der Waals surface area contributed by atoms with E-state index in [4.69, 9.17) is 11.6 Å². The van der Waals surface area contributed by atoms with Crippen molar-refractivity contribution in [3.8, 4) is 0 Å². The Balaban J connectivity index is 2.45. The molecule has 2 aromatic carbocycles. The second kappa shape index (κ2) is 5.85. The lowest BCUT2D eigenvalue weighted by molar-refractivity contribution is -0.520. The van der Waals surface area contributed by atoms with E-state index in [1.807, 2.05) is 42.5 Å². The van der Waals surface area contributed by atoms with Gasteiger partial charge >= 0.3 is 0 Å². The highest BCUT2D eigenvalue weighted by Crippen LogP contribution is 2.30. The predicted octanol–water partition coefficient (Wildman–Crippen LogP) is 4.14. The smallest absolute Gasteiger partial charge is 0.221 e. The van der Waals surface area contributed by atoms with Crippen molar-refractivity contribution in [2.24, 2.45) is 0 Å². The Labute approximate surface area is 117 Å². The van der Waals surface area contributed by atoms with Gasteiger partial charge in [0.1, 0.15) is 0 Å². The fourth-order valence-corrected chi connectivity index (χ4v) is 2.33. The Morgan fingerprint density at radius 1 is 1.00 bits per heavy atom. The van der Waals surface area contributed by atoms with E-state index >= 15 is 0 Å². The van der Waals surface area contributed by atoms with Gasteiger partial charge in [0.15, 0.2) is 0 Å². The molecular weight excluding hydrogens is 262 g/mol. The highest BCUT2D eigenvalue weighted by molar-refractivity contribution is 6.30. The Morgan fingerprint density at radius 3 is 2.05 bits per heavy atom. The molecule has 0 amide bonds. The quantitative estimate of drug-likeness (QED) is 0.622. The summed E-state index contributed by atoms with van der Waals surface area (Å²) < 4.78 is 0. The summed E-state index contributed by atoms with van der Waals surface area (Å²) in [5.74, 6) is -0.270. The van der Waals surface area contributed by atoms with E-state index in [0.717, 1.165) is 11.1 Å². The van der Waals surface area contributed by atoms with Crippen molar-refractivity contribution < 1.29 is 4.92 Å². The normalized spacial score (nSPS) is 13.8. The van der Waals surface area contributed by atoms with Gasteiger partial charge in [-0.3, -0.25) is 10.1 Å². The highest BCUT2D eigenvalue weighted by Gasteiger charge is 2.29. The average molecular weight is 276 g/mol. The first-order valence-corrected chi connectivity index (χ1v) is 6.41. The Bertz CT molecular complexity index is 554. The summed E-state index contributed by atoms with van der Waals surface area (Å²) in [6, 6.07) is 16.1. The molecule has 0 aliphatic rings. The van der Waals surface area contributed by atoms with Crippen LogP contribution in [0.1, 0.15) is 24.0 Å². The standard InChI is InChI=1S/C15H14ClNO2/c1-11(17(18)19)15(12-5-3-2-4-6-12)13-7-9-14(16)10-8-13/h2-11,15H,1H3. The van der Waals surface area contributed by atoms with E-state index in [2.05, 4.69) is 0 Å². The van der Waals surface area contributed by atoms with Crippen molar-refractivity contribution in [3.63, 3.8) is 0 Å². The number of nitro groups is 1. The van der Waals surface area contributed by atoms with Crippen LogP contribution in [0.25, 0.3) is 0 Å². The maximum atomic E-state index is 11.1. The topological polar surface area (TPSA) is 43.1 Å². The number of hydrogen-bond acceptors (Lipinski definition) is 2. The number of benzene rings is 2. The first-order chi connectivity index (χ1) is 9.09. The molecule has 0 heterocycles. The first-order valence-electron chi connectivity index (χ1n) is 6.03. The molecule has 2 rings (SSSR count). The zero-order valence-electron chi connectivity index (χ0n) is 10.5. The summed E-state index contributed by atoms with van der Waals surface area (Å²) in [4.78, 5) is 10.9. The Kier molecular flexibility index (Phi) is 4.17. The van der Waals surface area contributed by atoms with Crippen molar-refractivity contribution >= 4 is 11.6 Å². The third-order valence-corrected chi connectivity index (χ3v) is 3.45. The lowest BCUT2D eigenvalue weighted by Crippen LogP contribution is -2.25. The van der Waals surface area contributed by atoms with Crippen molar-refractivity contribution in [1.29, 1.82) is 0 Å². The van der Waals surface area contributed by atoms with Gasteiger partial charge in [0.25, 0.3) is 0 Å². The molecule has 2 aromatic rings. The molecule has 0 N–H and O–H groups in total. The second-order valence-corrected chi connectivity index (χ2v) is 4.90. The van der Waals surface area contributed by atoms with Gasteiger partial charge < -0.3 is 0 Å². The minimum atomic E-state index is -0.691. The monoisotopic (exact) mass is 275 g/mol. The number of halogens is 1. The molecule has 19 heavy (non-hydrogen) atoms. The summed E-state index contributed by atoms with van der Waals surface area (Å²) in [5.41, 5.74) is 1.84. The highest BCUT2D eigenvalue weighted by atomic mass is 35.5. The van der Waals surface area contributed by atoms with Crippen LogP contribution in [0.5, 0.6) is 0 Å². The summed E-state index contributed by atoms with van der Waals surface area (Å²) in [6.45, 7) is 1.63. The van der Waals surface area contributed by atoms with E-state index in [-0.39, 0.29) is 10.8 Å². The van der Waals surface area contributed by atoms with Crippen LogP contribution in [0.2, 0.25) is 5.02 Å². The van der Waals surface area contributed by atoms with Crippen LogP contribution in [0.15, 0.2) is 54.6 Å². The largest absolute Gasteiger partial charge is 0.264 e. The van der Waals surface area contributed by atoms with Crippen molar-refractivity contribution in [3.05, 3.63) is 80.9 Å². The van der Waals surface area contributed by atoms with E-state index in [9.17, 15) is 10.1 Å². The third-order valence-electron chi connectivity index (χ3n) is 3.20. The fourth-order valence-electron chi connectivity index (χ4n) is 2.20. The predicted molar refractivity (Wildman–Crippen MR) is 76.2 cm³/mol. The van der Waals surface area contributed by atoms with Crippen molar-refractivity contribution in [1.82, 2.24) is 0 Å². The molecule has 0 aliphatic heterocycles. The molecule has 0 spiro atoms. The summed E-state index contributed by atoms with van der Waals surface area (Å²) in [6.07, 6.45) is 0. The zero-order valence-corrected chi connectivity index (χ0v) is 11.2. The van der Waals surface area contributed by atoms with Crippen LogP contribution in [-0.2, 0) is 0 Å². The molecule has 0 aliphatic carbocycles. The number of hydrogen-bond donors (Lipinski definition) is 0. The minimum absolute atomic E-state index is 0.244. The van der Waals surface area contributed by atoms with Gasteiger partial charge in [-0.1, -0.05) is 54.1 Å². The molecule has 98 valence electrons. The van der Waals surface area contributed by atoms with E-state index in [1.54, 1.807) is 19.1 Å². The van der Waals surface area contributed by atoms with Crippen molar-refractivity contribution in [2.75, 3.05) is 0 Å². The Morgan fingerprint density at radius 2 is 1.53 bits per heavy atom. The SMILES string of the molecule is CC(C(c1ccccc1)c1ccc(Cl)cc1)[N+](=O)[O-]. The van der Waals surface area contributed by atoms with Crippen molar-refractivity contribution in [2.45, 2.75) is 18.9 Å². The lowest BCUT2D eigenvalue weighted by atomic mass is 9.86. The molecule has 0 bridgehead atoms. The minimum Gasteiger partial charge on any atom is -0.264 e. The molecule has 0 aromatic heterocycles. The zero-order chi connectivity index (χ0) is 13.8. The van der Waals surface area contributed by atoms with Crippen LogP contribution >= 0.6 is 11.6 Å². The maximum absolute atomic E-state index is 11.1. The van der Waals surface area contributed by atoms with E-state index < -0.39 is 6.04 Å². The van der Waals surface area contributed by atoms with Gasteiger partial charge in [-0.15, -0.1) is 0 Å². The maximum Gasteiger partial charge on any atom is 0.221 e.